The summed E-state index contributed by atoms with van der Waals surface area (Å²) in [6, 6.07) is 20.0. The van der Waals surface area contributed by atoms with E-state index in [0.717, 1.165) is 13.1 Å². The van der Waals surface area contributed by atoms with Gasteiger partial charge in [-0.1, -0.05) is 54.6 Å². The van der Waals surface area contributed by atoms with Gasteiger partial charge in [0.1, 0.15) is 0 Å². The van der Waals surface area contributed by atoms with Crippen molar-refractivity contribution in [2.24, 2.45) is 11.7 Å². The average molecular weight is 266 g/mol. The highest BCUT2D eigenvalue weighted by molar-refractivity contribution is 5.63. The number of benzene rings is 2. The Kier molecular flexibility index (Phi) is 3.86. The number of hydrogen-bond donors (Lipinski definition) is 1. The fourth-order valence-corrected chi connectivity index (χ4v) is 3.30. The molecule has 0 spiro atoms. The van der Waals surface area contributed by atoms with Gasteiger partial charge >= 0.3 is 0 Å². The third-order valence-corrected chi connectivity index (χ3v) is 4.44. The highest BCUT2D eigenvalue weighted by Crippen LogP contribution is 2.36. The number of rotatable bonds is 3. The van der Waals surface area contributed by atoms with E-state index >= 15 is 0 Å². The standard InChI is InChI=1S/C18H22N2/c1-20-12-11-17(13-19)18(20)16-9-7-15(8-10-16)14-5-3-2-4-6-14/h2-10,17-18H,11-13,19H2,1H3. The molecule has 2 unspecified atom stereocenters. The Hall–Kier alpha value is -1.64. The van der Waals surface area contributed by atoms with E-state index in [9.17, 15) is 0 Å². The van der Waals surface area contributed by atoms with Gasteiger partial charge in [0.15, 0.2) is 0 Å². The van der Waals surface area contributed by atoms with E-state index in [0.29, 0.717) is 12.0 Å². The van der Waals surface area contributed by atoms with Crippen LogP contribution in [-0.4, -0.2) is 25.0 Å². The normalized spacial score (nSPS) is 23.1. The molecule has 0 aromatic heterocycles. The summed E-state index contributed by atoms with van der Waals surface area (Å²) >= 11 is 0. The molecule has 0 amide bonds. The maximum Gasteiger partial charge on any atom is 0.0385 e. The Bertz CT molecular complexity index is 547. The number of nitrogens with two attached hydrogens (primary N) is 1. The summed E-state index contributed by atoms with van der Waals surface area (Å²) in [7, 11) is 2.20. The molecule has 1 fully saturated rings. The molecule has 0 aliphatic carbocycles. The van der Waals surface area contributed by atoms with Crippen LogP contribution in [0.15, 0.2) is 54.6 Å². The highest BCUT2D eigenvalue weighted by atomic mass is 15.2. The molecule has 3 rings (SSSR count). The fraction of sp³-hybridized carbons (Fsp3) is 0.333. The van der Waals surface area contributed by atoms with E-state index in [1.54, 1.807) is 0 Å². The van der Waals surface area contributed by atoms with Gasteiger partial charge in [0.25, 0.3) is 0 Å². The molecule has 1 aliphatic heterocycles. The lowest BCUT2D eigenvalue weighted by Crippen LogP contribution is -2.25. The van der Waals surface area contributed by atoms with Crippen molar-refractivity contribution in [3.8, 4) is 11.1 Å². The van der Waals surface area contributed by atoms with Crippen molar-refractivity contribution in [3.05, 3.63) is 60.2 Å². The summed E-state index contributed by atoms with van der Waals surface area (Å²) in [4.78, 5) is 2.43. The van der Waals surface area contributed by atoms with E-state index in [2.05, 4.69) is 66.5 Å². The molecule has 2 aromatic carbocycles. The zero-order valence-electron chi connectivity index (χ0n) is 12.0. The molecule has 2 aromatic rings. The van der Waals surface area contributed by atoms with E-state index in [1.807, 2.05) is 0 Å². The second-order valence-electron chi connectivity index (χ2n) is 5.70. The van der Waals surface area contributed by atoms with Crippen LogP contribution in [0.5, 0.6) is 0 Å². The van der Waals surface area contributed by atoms with Gasteiger partial charge in [0.2, 0.25) is 0 Å². The zero-order valence-corrected chi connectivity index (χ0v) is 12.0. The van der Waals surface area contributed by atoms with E-state index in [1.165, 1.54) is 23.1 Å². The summed E-state index contributed by atoms with van der Waals surface area (Å²) in [5.41, 5.74) is 9.86. The fourth-order valence-electron chi connectivity index (χ4n) is 3.30. The van der Waals surface area contributed by atoms with Gasteiger partial charge in [-0.15, -0.1) is 0 Å². The average Bonchev–Trinajstić information content (AvgIpc) is 2.89. The lowest BCUT2D eigenvalue weighted by molar-refractivity contribution is 0.279. The first kappa shape index (κ1) is 13.3. The molecule has 0 radical (unpaired) electrons. The predicted octanol–water partition coefficient (Wildman–Crippen LogP) is 3.31. The molecule has 2 nitrogen and oxygen atoms in total. The molecule has 2 heteroatoms. The van der Waals surface area contributed by atoms with Crippen LogP contribution in [0.3, 0.4) is 0 Å². The summed E-state index contributed by atoms with van der Waals surface area (Å²) < 4.78 is 0. The van der Waals surface area contributed by atoms with Crippen molar-refractivity contribution in [2.75, 3.05) is 20.1 Å². The molecular weight excluding hydrogens is 244 g/mol. The van der Waals surface area contributed by atoms with Crippen LogP contribution in [0, 0.1) is 5.92 Å². The minimum atomic E-state index is 0.477. The van der Waals surface area contributed by atoms with Gasteiger partial charge in [0.05, 0.1) is 0 Å². The Morgan fingerprint density at radius 3 is 2.30 bits per heavy atom. The largest absolute Gasteiger partial charge is 0.330 e. The maximum atomic E-state index is 5.92. The van der Waals surface area contributed by atoms with Crippen LogP contribution >= 0.6 is 0 Å². The molecule has 104 valence electrons. The lowest BCUT2D eigenvalue weighted by Gasteiger charge is -2.25. The lowest BCUT2D eigenvalue weighted by atomic mass is 9.92. The number of likely N-dealkylation sites (tertiary alicyclic amines) is 1. The predicted molar refractivity (Wildman–Crippen MR) is 84.4 cm³/mol. The van der Waals surface area contributed by atoms with Crippen molar-refractivity contribution in [1.82, 2.24) is 4.90 Å². The first-order valence-electron chi connectivity index (χ1n) is 7.35. The molecular formula is C18H22N2. The van der Waals surface area contributed by atoms with Crippen LogP contribution < -0.4 is 5.73 Å². The van der Waals surface area contributed by atoms with Gasteiger partial charge < -0.3 is 5.73 Å². The molecule has 1 heterocycles. The van der Waals surface area contributed by atoms with Crippen molar-refractivity contribution in [3.63, 3.8) is 0 Å². The Morgan fingerprint density at radius 2 is 1.65 bits per heavy atom. The van der Waals surface area contributed by atoms with Crippen LogP contribution in [-0.2, 0) is 0 Å². The Labute approximate surface area is 121 Å². The molecule has 0 saturated carbocycles. The Balaban J connectivity index is 1.86. The van der Waals surface area contributed by atoms with Gasteiger partial charge in [-0.3, -0.25) is 4.90 Å². The highest BCUT2D eigenvalue weighted by Gasteiger charge is 2.31. The summed E-state index contributed by atoms with van der Waals surface area (Å²) in [6.07, 6.45) is 1.21. The minimum Gasteiger partial charge on any atom is -0.330 e. The minimum absolute atomic E-state index is 0.477. The number of nitrogens with zero attached hydrogens (tertiary/aromatic N) is 1. The monoisotopic (exact) mass is 266 g/mol. The maximum absolute atomic E-state index is 5.92. The number of hydrogen-bond acceptors (Lipinski definition) is 2. The molecule has 1 aliphatic rings. The summed E-state index contributed by atoms with van der Waals surface area (Å²) in [6.45, 7) is 1.92. The van der Waals surface area contributed by atoms with E-state index in [4.69, 9.17) is 5.73 Å². The first-order valence-corrected chi connectivity index (χ1v) is 7.35. The van der Waals surface area contributed by atoms with Crippen LogP contribution in [0.1, 0.15) is 18.0 Å². The SMILES string of the molecule is CN1CCC(CN)C1c1ccc(-c2ccccc2)cc1. The second-order valence-corrected chi connectivity index (χ2v) is 5.70. The summed E-state index contributed by atoms with van der Waals surface area (Å²) in [5, 5.41) is 0. The second kappa shape index (κ2) is 5.78. The molecule has 2 atom stereocenters. The molecule has 2 N–H and O–H groups in total. The zero-order chi connectivity index (χ0) is 13.9. The van der Waals surface area contributed by atoms with Gasteiger partial charge in [-0.05, 0) is 49.2 Å². The molecule has 1 saturated heterocycles. The van der Waals surface area contributed by atoms with Crippen molar-refractivity contribution in [2.45, 2.75) is 12.5 Å². The molecule has 0 bridgehead atoms. The van der Waals surface area contributed by atoms with Crippen molar-refractivity contribution >= 4 is 0 Å². The summed E-state index contributed by atoms with van der Waals surface area (Å²) in [5.74, 6) is 0.586. The van der Waals surface area contributed by atoms with Crippen LogP contribution in [0.4, 0.5) is 0 Å². The third kappa shape index (κ3) is 2.49. The van der Waals surface area contributed by atoms with Gasteiger partial charge in [-0.25, -0.2) is 0 Å². The first-order chi connectivity index (χ1) is 9.79. The van der Waals surface area contributed by atoms with Crippen LogP contribution in [0.2, 0.25) is 0 Å². The molecule has 20 heavy (non-hydrogen) atoms. The Morgan fingerprint density at radius 1 is 1.00 bits per heavy atom. The van der Waals surface area contributed by atoms with Gasteiger partial charge in [0, 0.05) is 6.04 Å². The third-order valence-electron chi connectivity index (χ3n) is 4.44. The van der Waals surface area contributed by atoms with E-state index < -0.39 is 0 Å². The van der Waals surface area contributed by atoms with Gasteiger partial charge in [-0.2, -0.15) is 0 Å². The van der Waals surface area contributed by atoms with Crippen LogP contribution in [0.25, 0.3) is 11.1 Å². The van der Waals surface area contributed by atoms with Crippen molar-refractivity contribution < 1.29 is 0 Å². The smallest absolute Gasteiger partial charge is 0.0385 e. The topological polar surface area (TPSA) is 29.3 Å². The quantitative estimate of drug-likeness (QED) is 0.923. The van der Waals surface area contributed by atoms with E-state index in [-0.39, 0.29) is 0 Å². The van der Waals surface area contributed by atoms with Crippen molar-refractivity contribution in [1.29, 1.82) is 0 Å².